The lowest BCUT2D eigenvalue weighted by Gasteiger charge is -2.20. The molecule has 0 amide bonds. The molecule has 2 N–H and O–H groups in total. The maximum absolute atomic E-state index is 12.4. The van der Waals surface area contributed by atoms with Crippen molar-refractivity contribution in [1.82, 2.24) is 9.78 Å². The molecule has 1 aromatic heterocycles. The second kappa shape index (κ2) is 6.07. The van der Waals surface area contributed by atoms with E-state index in [0.29, 0.717) is 5.69 Å². The van der Waals surface area contributed by atoms with Gasteiger partial charge in [0.25, 0.3) is 5.91 Å². The monoisotopic (exact) mass is 279 g/mol. The molecule has 20 heavy (non-hydrogen) atoms. The number of esters is 1. The molecule has 6 heteroatoms. The SMILES string of the molecule is CCOC(=O)c1c(C)nn(C(=O)C2CCCCC2)c1N. The summed E-state index contributed by atoms with van der Waals surface area (Å²) in [6.07, 6.45) is 5.02. The van der Waals surface area contributed by atoms with Crippen LogP contribution in [0.4, 0.5) is 5.82 Å². The lowest BCUT2D eigenvalue weighted by molar-refractivity contribution is 0.0527. The van der Waals surface area contributed by atoms with Crippen molar-refractivity contribution >= 4 is 17.7 Å². The minimum atomic E-state index is -0.523. The van der Waals surface area contributed by atoms with Gasteiger partial charge in [-0.15, -0.1) is 0 Å². The predicted molar refractivity (Wildman–Crippen MR) is 74.5 cm³/mol. The van der Waals surface area contributed by atoms with Crippen LogP contribution >= 0.6 is 0 Å². The third-order valence-corrected chi connectivity index (χ3v) is 3.74. The van der Waals surface area contributed by atoms with E-state index in [0.717, 1.165) is 25.7 Å². The first-order valence-electron chi connectivity index (χ1n) is 7.12. The molecule has 1 aliphatic rings. The van der Waals surface area contributed by atoms with Crippen LogP contribution in [0.5, 0.6) is 0 Å². The van der Waals surface area contributed by atoms with E-state index in [-0.39, 0.29) is 29.8 Å². The van der Waals surface area contributed by atoms with E-state index in [2.05, 4.69) is 5.10 Å². The van der Waals surface area contributed by atoms with Crippen LogP contribution in [-0.4, -0.2) is 28.3 Å². The van der Waals surface area contributed by atoms with E-state index in [4.69, 9.17) is 10.5 Å². The summed E-state index contributed by atoms with van der Waals surface area (Å²) in [6, 6.07) is 0. The van der Waals surface area contributed by atoms with Crippen molar-refractivity contribution in [1.29, 1.82) is 0 Å². The first-order valence-corrected chi connectivity index (χ1v) is 7.12. The van der Waals surface area contributed by atoms with Crippen molar-refractivity contribution in [3.63, 3.8) is 0 Å². The number of rotatable bonds is 3. The summed E-state index contributed by atoms with van der Waals surface area (Å²) in [5.74, 6) is -0.581. The number of nitrogen functional groups attached to an aromatic ring is 1. The van der Waals surface area contributed by atoms with Crippen LogP contribution in [0, 0.1) is 12.8 Å². The minimum Gasteiger partial charge on any atom is -0.462 e. The number of anilines is 1. The van der Waals surface area contributed by atoms with Gasteiger partial charge in [-0.05, 0) is 26.7 Å². The van der Waals surface area contributed by atoms with Gasteiger partial charge < -0.3 is 10.5 Å². The summed E-state index contributed by atoms with van der Waals surface area (Å²) >= 11 is 0. The number of nitrogens with two attached hydrogens (primary N) is 1. The molecular weight excluding hydrogens is 258 g/mol. The lowest BCUT2D eigenvalue weighted by Crippen LogP contribution is -2.26. The zero-order chi connectivity index (χ0) is 14.7. The van der Waals surface area contributed by atoms with Crippen molar-refractivity contribution in [3.8, 4) is 0 Å². The van der Waals surface area contributed by atoms with Gasteiger partial charge in [0.1, 0.15) is 11.4 Å². The molecule has 6 nitrogen and oxygen atoms in total. The highest BCUT2D eigenvalue weighted by Crippen LogP contribution is 2.27. The molecule has 0 atom stereocenters. The van der Waals surface area contributed by atoms with E-state index >= 15 is 0 Å². The van der Waals surface area contributed by atoms with Crippen LogP contribution in [-0.2, 0) is 4.74 Å². The molecule has 0 bridgehead atoms. The zero-order valence-electron chi connectivity index (χ0n) is 12.0. The Morgan fingerprint density at radius 3 is 2.60 bits per heavy atom. The quantitative estimate of drug-likeness (QED) is 0.857. The Kier molecular flexibility index (Phi) is 4.42. The number of nitrogens with zero attached hydrogens (tertiary/aromatic N) is 2. The van der Waals surface area contributed by atoms with Crippen LogP contribution in [0.3, 0.4) is 0 Å². The van der Waals surface area contributed by atoms with E-state index in [1.54, 1.807) is 13.8 Å². The van der Waals surface area contributed by atoms with Gasteiger partial charge >= 0.3 is 5.97 Å². The third-order valence-electron chi connectivity index (χ3n) is 3.74. The molecule has 0 spiro atoms. The molecule has 0 radical (unpaired) electrons. The Morgan fingerprint density at radius 2 is 2.00 bits per heavy atom. The van der Waals surface area contributed by atoms with Crippen molar-refractivity contribution in [2.75, 3.05) is 12.3 Å². The maximum Gasteiger partial charge on any atom is 0.343 e. The molecule has 110 valence electrons. The molecule has 0 aromatic carbocycles. The van der Waals surface area contributed by atoms with Crippen molar-refractivity contribution in [3.05, 3.63) is 11.3 Å². The summed E-state index contributed by atoms with van der Waals surface area (Å²) in [7, 11) is 0. The number of ether oxygens (including phenoxy) is 1. The molecule has 1 fully saturated rings. The van der Waals surface area contributed by atoms with Crippen molar-refractivity contribution in [2.24, 2.45) is 5.92 Å². The maximum atomic E-state index is 12.4. The van der Waals surface area contributed by atoms with Gasteiger partial charge in [-0.1, -0.05) is 19.3 Å². The number of aryl methyl sites for hydroxylation is 1. The number of hydrogen-bond donors (Lipinski definition) is 1. The van der Waals surface area contributed by atoms with Crippen molar-refractivity contribution in [2.45, 2.75) is 46.0 Å². The fourth-order valence-corrected chi connectivity index (χ4v) is 2.69. The zero-order valence-corrected chi connectivity index (χ0v) is 12.0. The summed E-state index contributed by atoms with van der Waals surface area (Å²) < 4.78 is 6.12. The van der Waals surface area contributed by atoms with Crippen molar-refractivity contribution < 1.29 is 14.3 Å². The van der Waals surface area contributed by atoms with E-state index in [9.17, 15) is 9.59 Å². The van der Waals surface area contributed by atoms with Gasteiger partial charge in [-0.3, -0.25) is 4.79 Å². The highest BCUT2D eigenvalue weighted by Gasteiger charge is 2.28. The third kappa shape index (κ3) is 2.69. The Bertz CT molecular complexity index is 516. The second-order valence-corrected chi connectivity index (χ2v) is 5.15. The van der Waals surface area contributed by atoms with Gasteiger partial charge in [0, 0.05) is 5.92 Å². The van der Waals surface area contributed by atoms with Crippen LogP contribution in [0.2, 0.25) is 0 Å². The minimum absolute atomic E-state index is 0.0413. The molecule has 1 aliphatic carbocycles. The Morgan fingerprint density at radius 1 is 1.35 bits per heavy atom. The second-order valence-electron chi connectivity index (χ2n) is 5.15. The Hall–Kier alpha value is -1.85. The highest BCUT2D eigenvalue weighted by atomic mass is 16.5. The lowest BCUT2D eigenvalue weighted by atomic mass is 9.89. The highest BCUT2D eigenvalue weighted by molar-refractivity contribution is 5.98. The molecule has 0 aliphatic heterocycles. The number of aromatic nitrogens is 2. The normalized spacial score (nSPS) is 16.1. The van der Waals surface area contributed by atoms with Crippen LogP contribution < -0.4 is 5.73 Å². The van der Waals surface area contributed by atoms with Crippen LogP contribution in [0.25, 0.3) is 0 Å². The first-order chi connectivity index (χ1) is 9.56. The standard InChI is InChI=1S/C14H21N3O3/c1-3-20-14(19)11-9(2)16-17(12(11)15)13(18)10-7-5-4-6-8-10/h10H,3-8,15H2,1-2H3. The van der Waals surface area contributed by atoms with Gasteiger partial charge in [0.2, 0.25) is 0 Å². The topological polar surface area (TPSA) is 87.2 Å². The Balaban J connectivity index is 2.26. The Labute approximate surface area is 118 Å². The molecule has 1 saturated carbocycles. The molecule has 0 unspecified atom stereocenters. The summed E-state index contributed by atoms with van der Waals surface area (Å²) in [5.41, 5.74) is 6.56. The smallest absolute Gasteiger partial charge is 0.343 e. The number of carbonyl (C=O) groups is 2. The summed E-state index contributed by atoms with van der Waals surface area (Å²) in [6.45, 7) is 3.65. The average Bonchev–Trinajstić information content (AvgIpc) is 2.74. The predicted octanol–water partition coefficient (Wildman–Crippen LogP) is 2.17. The molecule has 0 saturated heterocycles. The van der Waals surface area contributed by atoms with E-state index < -0.39 is 5.97 Å². The largest absolute Gasteiger partial charge is 0.462 e. The van der Waals surface area contributed by atoms with Crippen LogP contribution in [0.1, 0.15) is 59.9 Å². The van der Waals surface area contributed by atoms with Gasteiger partial charge in [0.15, 0.2) is 0 Å². The number of hydrogen-bond acceptors (Lipinski definition) is 5. The van der Waals surface area contributed by atoms with E-state index in [1.807, 2.05) is 0 Å². The summed E-state index contributed by atoms with van der Waals surface area (Å²) in [4.78, 5) is 24.3. The summed E-state index contributed by atoms with van der Waals surface area (Å²) in [5, 5.41) is 4.13. The fourth-order valence-electron chi connectivity index (χ4n) is 2.69. The van der Waals surface area contributed by atoms with Crippen LogP contribution in [0.15, 0.2) is 0 Å². The van der Waals surface area contributed by atoms with Gasteiger partial charge in [0.05, 0.1) is 12.3 Å². The fraction of sp³-hybridized carbons (Fsp3) is 0.643. The molecule has 1 aromatic rings. The molecule has 1 heterocycles. The number of carbonyl (C=O) groups excluding carboxylic acids is 2. The van der Waals surface area contributed by atoms with E-state index in [1.165, 1.54) is 11.1 Å². The average molecular weight is 279 g/mol. The molecule has 2 rings (SSSR count). The first kappa shape index (κ1) is 14.6. The van der Waals surface area contributed by atoms with Gasteiger partial charge in [-0.25, -0.2) is 4.79 Å². The molecular formula is C14H21N3O3. The van der Waals surface area contributed by atoms with Gasteiger partial charge in [-0.2, -0.15) is 9.78 Å².